The van der Waals surface area contributed by atoms with Crippen LogP contribution in [0.2, 0.25) is 0 Å². The summed E-state index contributed by atoms with van der Waals surface area (Å²) in [7, 11) is 0. The van der Waals surface area contributed by atoms with Crippen LogP contribution in [0.1, 0.15) is 57.6 Å². The highest BCUT2D eigenvalue weighted by molar-refractivity contribution is 5.80. The van der Waals surface area contributed by atoms with Crippen molar-refractivity contribution in [3.8, 4) is 0 Å². The zero-order valence-corrected chi connectivity index (χ0v) is 16.0. The molecule has 0 aromatic carbocycles. The Kier molecular flexibility index (Phi) is 6.27. The largest absolute Gasteiger partial charge is 0.372 e. The van der Waals surface area contributed by atoms with Gasteiger partial charge < -0.3 is 19.5 Å². The Morgan fingerprint density at radius 3 is 2.50 bits per heavy atom. The van der Waals surface area contributed by atoms with Crippen molar-refractivity contribution in [3.05, 3.63) is 17.0 Å². The van der Waals surface area contributed by atoms with E-state index in [1.165, 1.54) is 0 Å². The summed E-state index contributed by atoms with van der Waals surface area (Å²) in [5.41, 5.74) is 1.93. The molecule has 1 fully saturated rings. The summed E-state index contributed by atoms with van der Waals surface area (Å²) in [5.74, 6) is 1.82. The monoisotopic (exact) mass is 336 g/mol. The highest BCUT2D eigenvalue weighted by atomic mass is 16.5. The minimum Gasteiger partial charge on any atom is -0.372 e. The standard InChI is InChI=1S/C18H32N4O2/c1-7-19-17(20-12-16-13(2)21-24-14(16)3)22-10-8-15(9-11-22)23-18(4,5)6/h15H,7-12H2,1-6H3,(H,19,20). The van der Waals surface area contributed by atoms with E-state index in [1.54, 1.807) is 0 Å². The number of nitrogens with zero attached hydrogens (tertiary/aromatic N) is 3. The van der Waals surface area contributed by atoms with Gasteiger partial charge in [-0.15, -0.1) is 0 Å². The van der Waals surface area contributed by atoms with Gasteiger partial charge in [-0.3, -0.25) is 0 Å². The first-order valence-electron chi connectivity index (χ1n) is 8.93. The number of rotatable bonds is 4. The molecule has 1 saturated heterocycles. The van der Waals surface area contributed by atoms with E-state index in [2.05, 4.69) is 43.1 Å². The summed E-state index contributed by atoms with van der Waals surface area (Å²) >= 11 is 0. The normalized spacial score (nSPS) is 17.4. The molecule has 24 heavy (non-hydrogen) atoms. The number of aryl methyl sites for hydroxylation is 2. The van der Waals surface area contributed by atoms with Crippen LogP contribution in [0, 0.1) is 13.8 Å². The van der Waals surface area contributed by atoms with Crippen LogP contribution >= 0.6 is 0 Å². The third kappa shape index (κ3) is 5.23. The number of aliphatic imine (C=N–C) groups is 1. The van der Waals surface area contributed by atoms with Crippen molar-refractivity contribution >= 4 is 5.96 Å². The second kappa shape index (κ2) is 8.01. The summed E-state index contributed by atoms with van der Waals surface area (Å²) in [6.45, 7) is 15.7. The Labute approximate surface area is 145 Å². The molecule has 0 radical (unpaired) electrons. The number of nitrogens with one attached hydrogen (secondary N) is 1. The van der Waals surface area contributed by atoms with Gasteiger partial charge in [0, 0.05) is 25.2 Å². The molecule has 2 heterocycles. The lowest BCUT2D eigenvalue weighted by atomic mass is 10.1. The molecule has 2 rings (SSSR count). The molecule has 1 aliphatic rings. The van der Waals surface area contributed by atoms with Crippen LogP contribution in [-0.4, -0.2) is 47.4 Å². The highest BCUT2D eigenvalue weighted by Crippen LogP contribution is 2.20. The molecule has 1 aromatic heterocycles. The minimum atomic E-state index is -0.0746. The summed E-state index contributed by atoms with van der Waals surface area (Å²) in [6, 6.07) is 0. The van der Waals surface area contributed by atoms with Crippen molar-refractivity contribution in [2.24, 2.45) is 4.99 Å². The maximum Gasteiger partial charge on any atom is 0.194 e. The lowest BCUT2D eigenvalue weighted by molar-refractivity contribution is -0.0772. The maximum absolute atomic E-state index is 6.11. The quantitative estimate of drug-likeness (QED) is 0.676. The number of piperidine rings is 1. The second-order valence-corrected chi connectivity index (χ2v) is 7.39. The van der Waals surface area contributed by atoms with E-state index >= 15 is 0 Å². The molecule has 0 bridgehead atoms. The van der Waals surface area contributed by atoms with E-state index in [1.807, 2.05) is 13.8 Å². The first-order valence-corrected chi connectivity index (χ1v) is 8.93. The summed E-state index contributed by atoms with van der Waals surface area (Å²) in [6.07, 6.45) is 2.41. The average Bonchev–Trinajstić information content (AvgIpc) is 2.82. The molecular formula is C18H32N4O2. The van der Waals surface area contributed by atoms with Crippen molar-refractivity contribution in [3.63, 3.8) is 0 Å². The van der Waals surface area contributed by atoms with Crippen LogP contribution in [0.4, 0.5) is 0 Å². The molecule has 1 aliphatic heterocycles. The number of hydrogen-bond donors (Lipinski definition) is 1. The second-order valence-electron chi connectivity index (χ2n) is 7.39. The van der Waals surface area contributed by atoms with Gasteiger partial charge in [0.25, 0.3) is 0 Å². The van der Waals surface area contributed by atoms with E-state index in [0.717, 1.165) is 55.5 Å². The zero-order chi connectivity index (χ0) is 17.7. The van der Waals surface area contributed by atoms with Gasteiger partial charge in [-0.25, -0.2) is 4.99 Å². The van der Waals surface area contributed by atoms with Crippen molar-refractivity contribution in [1.29, 1.82) is 0 Å². The van der Waals surface area contributed by atoms with Gasteiger partial charge in [0.15, 0.2) is 5.96 Å². The van der Waals surface area contributed by atoms with Crippen LogP contribution in [0.15, 0.2) is 9.52 Å². The van der Waals surface area contributed by atoms with E-state index in [-0.39, 0.29) is 5.60 Å². The van der Waals surface area contributed by atoms with Gasteiger partial charge in [0.1, 0.15) is 5.76 Å². The number of ether oxygens (including phenoxy) is 1. The summed E-state index contributed by atoms with van der Waals surface area (Å²) < 4.78 is 11.3. The first-order chi connectivity index (χ1) is 11.3. The molecule has 0 atom stereocenters. The lowest BCUT2D eigenvalue weighted by Gasteiger charge is -2.37. The third-order valence-corrected chi connectivity index (χ3v) is 4.16. The van der Waals surface area contributed by atoms with Crippen LogP contribution < -0.4 is 5.32 Å². The molecule has 136 valence electrons. The first kappa shape index (κ1) is 18.8. The van der Waals surface area contributed by atoms with Crippen molar-refractivity contribution < 1.29 is 9.26 Å². The molecule has 6 nitrogen and oxygen atoms in total. The van der Waals surface area contributed by atoms with Crippen molar-refractivity contribution in [2.75, 3.05) is 19.6 Å². The van der Waals surface area contributed by atoms with Crippen LogP contribution in [0.5, 0.6) is 0 Å². The van der Waals surface area contributed by atoms with E-state index in [4.69, 9.17) is 14.3 Å². The fourth-order valence-electron chi connectivity index (χ4n) is 2.99. The van der Waals surface area contributed by atoms with Gasteiger partial charge in [-0.1, -0.05) is 5.16 Å². The fourth-order valence-corrected chi connectivity index (χ4v) is 2.99. The molecule has 6 heteroatoms. The number of aromatic nitrogens is 1. The maximum atomic E-state index is 6.11. The van der Waals surface area contributed by atoms with Gasteiger partial charge in [0.05, 0.1) is 23.9 Å². The van der Waals surface area contributed by atoms with Crippen LogP contribution in [0.25, 0.3) is 0 Å². The Morgan fingerprint density at radius 1 is 1.33 bits per heavy atom. The number of guanidine groups is 1. The third-order valence-electron chi connectivity index (χ3n) is 4.16. The van der Waals surface area contributed by atoms with E-state index in [0.29, 0.717) is 12.6 Å². The Bertz CT molecular complexity index is 532. The highest BCUT2D eigenvalue weighted by Gasteiger charge is 2.25. The summed E-state index contributed by atoms with van der Waals surface area (Å²) in [5, 5.41) is 7.40. The molecule has 1 N–H and O–H groups in total. The smallest absolute Gasteiger partial charge is 0.194 e. The average molecular weight is 336 g/mol. The van der Waals surface area contributed by atoms with E-state index < -0.39 is 0 Å². The van der Waals surface area contributed by atoms with Crippen molar-refractivity contribution in [1.82, 2.24) is 15.4 Å². The molecular weight excluding hydrogens is 304 g/mol. The summed E-state index contributed by atoms with van der Waals surface area (Å²) in [4.78, 5) is 7.12. The van der Waals surface area contributed by atoms with Crippen LogP contribution in [0.3, 0.4) is 0 Å². The van der Waals surface area contributed by atoms with Gasteiger partial charge >= 0.3 is 0 Å². The van der Waals surface area contributed by atoms with Gasteiger partial charge in [0.2, 0.25) is 0 Å². The Balaban J connectivity index is 1.97. The Morgan fingerprint density at radius 2 is 2.00 bits per heavy atom. The molecule has 0 spiro atoms. The van der Waals surface area contributed by atoms with Gasteiger partial charge in [-0.2, -0.15) is 0 Å². The predicted molar refractivity (Wildman–Crippen MR) is 96.2 cm³/mol. The van der Waals surface area contributed by atoms with Crippen molar-refractivity contribution in [2.45, 2.75) is 72.6 Å². The SMILES string of the molecule is CCNC(=NCc1c(C)noc1C)N1CCC(OC(C)(C)C)CC1. The molecule has 0 aliphatic carbocycles. The van der Waals surface area contributed by atoms with Gasteiger partial charge in [-0.05, 0) is 54.4 Å². The minimum absolute atomic E-state index is 0.0746. The molecule has 1 aromatic rings. The van der Waals surface area contributed by atoms with Crippen LogP contribution in [-0.2, 0) is 11.3 Å². The zero-order valence-electron chi connectivity index (χ0n) is 16.0. The lowest BCUT2D eigenvalue weighted by Crippen LogP contribution is -2.47. The Hall–Kier alpha value is -1.56. The van der Waals surface area contributed by atoms with E-state index in [9.17, 15) is 0 Å². The number of likely N-dealkylation sites (tertiary alicyclic amines) is 1. The molecule has 0 unspecified atom stereocenters. The topological polar surface area (TPSA) is 62.9 Å². The number of hydrogen-bond acceptors (Lipinski definition) is 4. The molecule has 0 amide bonds. The fraction of sp³-hybridized carbons (Fsp3) is 0.778. The predicted octanol–water partition coefficient (Wildman–Crippen LogP) is 3.04. The molecule has 0 saturated carbocycles.